The molecule has 0 aliphatic heterocycles. The number of aromatic nitrogens is 1. The summed E-state index contributed by atoms with van der Waals surface area (Å²) in [6.07, 6.45) is 1.64. The normalized spacial score (nSPS) is 17.9. The predicted octanol–water partition coefficient (Wildman–Crippen LogP) is 2.09. The Balaban J connectivity index is 2.28. The number of aryl methyl sites for hydroxylation is 1. The number of rotatable bonds is 5. The molecule has 1 aliphatic carbocycles. The van der Waals surface area contributed by atoms with Gasteiger partial charge in [0.1, 0.15) is 11.1 Å². The number of nitrogens with one attached hydrogen (secondary N) is 1. The van der Waals surface area contributed by atoms with Crippen molar-refractivity contribution in [3.8, 4) is 0 Å². The minimum Gasteiger partial charge on any atom is -0.480 e. The van der Waals surface area contributed by atoms with Gasteiger partial charge in [0.05, 0.1) is 5.69 Å². The molecular formula is C14H20N2O4. The molecule has 6 heteroatoms. The van der Waals surface area contributed by atoms with Crippen molar-refractivity contribution in [3.05, 3.63) is 17.0 Å². The largest absolute Gasteiger partial charge is 0.480 e. The molecule has 6 nitrogen and oxygen atoms in total. The lowest BCUT2D eigenvalue weighted by atomic mass is 9.94. The van der Waals surface area contributed by atoms with Crippen LogP contribution in [0.4, 0.5) is 0 Å². The SMILES string of the molecule is Cc1noc(C(C)C)c1C(=O)NC(C)(C(=O)O)C1CC1. The van der Waals surface area contributed by atoms with E-state index in [9.17, 15) is 14.7 Å². The van der Waals surface area contributed by atoms with Crippen LogP contribution in [0, 0.1) is 12.8 Å². The van der Waals surface area contributed by atoms with Crippen molar-refractivity contribution in [1.82, 2.24) is 10.5 Å². The highest BCUT2D eigenvalue weighted by atomic mass is 16.5. The molecule has 1 aromatic heterocycles. The number of nitrogens with zero attached hydrogens (tertiary/aromatic N) is 1. The number of carboxylic acid groups (broad SMARTS) is 1. The number of carboxylic acids is 1. The summed E-state index contributed by atoms with van der Waals surface area (Å²) in [7, 11) is 0. The van der Waals surface area contributed by atoms with Gasteiger partial charge in [-0.2, -0.15) is 0 Å². The fourth-order valence-corrected chi connectivity index (χ4v) is 2.35. The quantitative estimate of drug-likeness (QED) is 0.861. The summed E-state index contributed by atoms with van der Waals surface area (Å²) in [5, 5.41) is 15.8. The van der Waals surface area contributed by atoms with Gasteiger partial charge in [0.25, 0.3) is 5.91 Å². The molecule has 1 amide bonds. The first-order valence-electron chi connectivity index (χ1n) is 6.79. The van der Waals surface area contributed by atoms with E-state index in [0.29, 0.717) is 17.0 Å². The van der Waals surface area contributed by atoms with E-state index in [1.54, 1.807) is 13.8 Å². The molecule has 1 saturated carbocycles. The maximum Gasteiger partial charge on any atom is 0.329 e. The van der Waals surface area contributed by atoms with Crippen LogP contribution in [-0.2, 0) is 4.79 Å². The Bertz CT molecular complexity index is 545. The molecule has 2 N–H and O–H groups in total. The Morgan fingerprint density at radius 2 is 2.05 bits per heavy atom. The van der Waals surface area contributed by atoms with E-state index < -0.39 is 17.4 Å². The van der Waals surface area contributed by atoms with Gasteiger partial charge >= 0.3 is 5.97 Å². The molecule has 1 aliphatic rings. The zero-order chi connectivity index (χ0) is 15.1. The van der Waals surface area contributed by atoms with Crippen LogP contribution in [0.2, 0.25) is 0 Å². The highest BCUT2D eigenvalue weighted by Crippen LogP contribution is 2.40. The zero-order valence-electron chi connectivity index (χ0n) is 12.2. The first-order chi connectivity index (χ1) is 9.27. The zero-order valence-corrected chi connectivity index (χ0v) is 12.2. The van der Waals surface area contributed by atoms with Crippen LogP contribution in [0.25, 0.3) is 0 Å². The van der Waals surface area contributed by atoms with E-state index in [-0.39, 0.29) is 11.8 Å². The topological polar surface area (TPSA) is 92.4 Å². The lowest BCUT2D eigenvalue weighted by molar-refractivity contribution is -0.144. The van der Waals surface area contributed by atoms with Crippen molar-refractivity contribution in [1.29, 1.82) is 0 Å². The van der Waals surface area contributed by atoms with Crippen molar-refractivity contribution in [2.24, 2.45) is 5.92 Å². The van der Waals surface area contributed by atoms with Gasteiger partial charge < -0.3 is 14.9 Å². The first kappa shape index (κ1) is 14.6. The van der Waals surface area contributed by atoms with Crippen molar-refractivity contribution >= 4 is 11.9 Å². The van der Waals surface area contributed by atoms with E-state index in [2.05, 4.69) is 10.5 Å². The van der Waals surface area contributed by atoms with E-state index in [4.69, 9.17) is 4.52 Å². The van der Waals surface area contributed by atoms with Gasteiger partial charge in [-0.25, -0.2) is 4.79 Å². The molecule has 20 heavy (non-hydrogen) atoms. The second-order valence-corrected chi connectivity index (χ2v) is 5.90. The Morgan fingerprint density at radius 3 is 2.50 bits per heavy atom. The van der Waals surface area contributed by atoms with Crippen LogP contribution >= 0.6 is 0 Å². The van der Waals surface area contributed by atoms with E-state index in [0.717, 1.165) is 12.8 Å². The second kappa shape index (κ2) is 4.92. The number of aliphatic carboxylic acids is 1. The van der Waals surface area contributed by atoms with E-state index in [1.807, 2.05) is 13.8 Å². The number of carbonyl (C=O) groups excluding carboxylic acids is 1. The maximum atomic E-state index is 12.4. The highest BCUT2D eigenvalue weighted by Gasteiger charge is 2.49. The lowest BCUT2D eigenvalue weighted by Crippen LogP contribution is -2.54. The average molecular weight is 280 g/mol. The predicted molar refractivity (Wildman–Crippen MR) is 71.6 cm³/mol. The summed E-state index contributed by atoms with van der Waals surface area (Å²) in [6, 6.07) is 0. The smallest absolute Gasteiger partial charge is 0.329 e. The van der Waals surface area contributed by atoms with Crippen molar-refractivity contribution in [2.75, 3.05) is 0 Å². The van der Waals surface area contributed by atoms with Gasteiger partial charge in [0.15, 0.2) is 5.76 Å². The minimum atomic E-state index is -1.23. The second-order valence-electron chi connectivity index (χ2n) is 5.90. The average Bonchev–Trinajstić information content (AvgIpc) is 3.12. The van der Waals surface area contributed by atoms with Crippen molar-refractivity contribution < 1.29 is 19.2 Å². The maximum absolute atomic E-state index is 12.4. The number of carbonyl (C=O) groups is 2. The molecule has 1 fully saturated rings. The minimum absolute atomic E-state index is 0.00776. The molecule has 110 valence electrons. The Morgan fingerprint density at radius 1 is 1.45 bits per heavy atom. The van der Waals surface area contributed by atoms with Gasteiger partial charge in [0, 0.05) is 5.92 Å². The monoisotopic (exact) mass is 280 g/mol. The molecule has 0 spiro atoms. The molecular weight excluding hydrogens is 260 g/mol. The van der Waals surface area contributed by atoms with Gasteiger partial charge in [-0.3, -0.25) is 4.79 Å². The van der Waals surface area contributed by atoms with Crippen LogP contribution in [0.3, 0.4) is 0 Å². The molecule has 2 rings (SSSR count). The standard InChI is InChI=1S/C14H20N2O4/c1-7(2)11-10(8(3)16-20-11)12(17)15-14(4,13(18)19)9-5-6-9/h7,9H,5-6H2,1-4H3,(H,15,17)(H,18,19). The summed E-state index contributed by atoms with van der Waals surface area (Å²) in [5.74, 6) is -0.943. The van der Waals surface area contributed by atoms with Gasteiger partial charge in [0.2, 0.25) is 0 Å². The molecule has 1 atom stereocenters. The Hall–Kier alpha value is -1.85. The summed E-state index contributed by atoms with van der Waals surface area (Å²) < 4.78 is 5.17. The van der Waals surface area contributed by atoms with Gasteiger partial charge in [-0.15, -0.1) is 0 Å². The van der Waals surface area contributed by atoms with E-state index >= 15 is 0 Å². The van der Waals surface area contributed by atoms with Crippen LogP contribution in [0.1, 0.15) is 61.3 Å². The third-order valence-electron chi connectivity index (χ3n) is 3.85. The summed E-state index contributed by atoms with van der Waals surface area (Å²) >= 11 is 0. The van der Waals surface area contributed by atoms with Gasteiger partial charge in [-0.05, 0) is 32.6 Å². The number of hydrogen-bond acceptors (Lipinski definition) is 4. The summed E-state index contributed by atoms with van der Waals surface area (Å²) in [4.78, 5) is 23.9. The molecule has 0 radical (unpaired) electrons. The van der Waals surface area contributed by atoms with Crippen molar-refractivity contribution in [2.45, 2.75) is 52.0 Å². The molecule has 0 aromatic carbocycles. The molecule has 1 unspecified atom stereocenters. The molecule has 0 bridgehead atoms. The summed E-state index contributed by atoms with van der Waals surface area (Å²) in [5.41, 5.74) is -0.391. The third kappa shape index (κ3) is 2.42. The Labute approximate surface area is 117 Å². The molecule has 0 saturated heterocycles. The molecule has 1 aromatic rings. The van der Waals surface area contributed by atoms with Crippen LogP contribution < -0.4 is 5.32 Å². The van der Waals surface area contributed by atoms with Crippen LogP contribution in [0.5, 0.6) is 0 Å². The third-order valence-corrected chi connectivity index (χ3v) is 3.85. The Kier molecular flexibility index (Phi) is 3.58. The molecule has 1 heterocycles. The van der Waals surface area contributed by atoms with Gasteiger partial charge in [-0.1, -0.05) is 19.0 Å². The number of hydrogen-bond donors (Lipinski definition) is 2. The van der Waals surface area contributed by atoms with Crippen LogP contribution in [-0.4, -0.2) is 27.7 Å². The fourth-order valence-electron chi connectivity index (χ4n) is 2.35. The highest BCUT2D eigenvalue weighted by molar-refractivity contribution is 5.99. The van der Waals surface area contributed by atoms with E-state index in [1.165, 1.54) is 0 Å². The first-order valence-corrected chi connectivity index (χ1v) is 6.79. The van der Waals surface area contributed by atoms with Crippen LogP contribution in [0.15, 0.2) is 4.52 Å². The number of amides is 1. The van der Waals surface area contributed by atoms with Crippen molar-refractivity contribution in [3.63, 3.8) is 0 Å². The lowest BCUT2D eigenvalue weighted by Gasteiger charge is -2.26. The summed E-state index contributed by atoms with van der Waals surface area (Å²) in [6.45, 7) is 7.03. The fraction of sp³-hybridized carbons (Fsp3) is 0.643.